The van der Waals surface area contributed by atoms with Gasteiger partial charge < -0.3 is 14.5 Å². The molecule has 0 radical (unpaired) electrons. The molecular weight excluding hydrogens is 296 g/mol. The first-order valence-corrected chi connectivity index (χ1v) is 7.71. The van der Waals surface area contributed by atoms with E-state index < -0.39 is 0 Å². The number of carbonyl (C=O) groups excluding carboxylic acids is 2. The van der Waals surface area contributed by atoms with E-state index in [1.165, 1.54) is 12.4 Å². The van der Waals surface area contributed by atoms with Gasteiger partial charge in [0, 0.05) is 32.0 Å². The number of morpholine rings is 1. The molecule has 0 aromatic carbocycles. The molecule has 1 spiro atoms. The van der Waals surface area contributed by atoms with Crippen LogP contribution in [-0.4, -0.2) is 70.0 Å². The number of carbonyl (C=O) groups is 2. The van der Waals surface area contributed by atoms with Crippen LogP contribution < -0.4 is 0 Å². The first-order chi connectivity index (χ1) is 11.1. The van der Waals surface area contributed by atoms with Crippen molar-refractivity contribution < 1.29 is 14.3 Å². The van der Waals surface area contributed by atoms with E-state index in [0.717, 1.165) is 0 Å². The largest absolute Gasteiger partial charge is 0.363 e. The van der Waals surface area contributed by atoms with Crippen LogP contribution in [-0.2, 0) is 9.53 Å². The highest BCUT2D eigenvalue weighted by Gasteiger charge is 2.42. The van der Waals surface area contributed by atoms with Gasteiger partial charge in [-0.2, -0.15) is 0 Å². The Bertz CT molecular complexity index is 597. The molecule has 2 saturated heterocycles. The molecule has 0 N–H and O–H groups in total. The van der Waals surface area contributed by atoms with Crippen LogP contribution in [0.4, 0.5) is 0 Å². The molecule has 2 aliphatic rings. The van der Waals surface area contributed by atoms with Crippen LogP contribution in [0.3, 0.4) is 0 Å². The Morgan fingerprint density at radius 3 is 2.83 bits per heavy atom. The summed E-state index contributed by atoms with van der Waals surface area (Å²) >= 11 is 0. The van der Waals surface area contributed by atoms with Gasteiger partial charge in [0.05, 0.1) is 18.3 Å². The van der Waals surface area contributed by atoms with E-state index in [0.29, 0.717) is 44.7 Å². The second-order valence-electron chi connectivity index (χ2n) is 5.92. The second-order valence-corrected chi connectivity index (χ2v) is 5.92. The number of ether oxygens (including phenoxy) is 1. The van der Waals surface area contributed by atoms with Crippen LogP contribution in [0, 0.1) is 0 Å². The Hall–Kier alpha value is -2.28. The van der Waals surface area contributed by atoms with Crippen LogP contribution in [0.1, 0.15) is 23.3 Å². The molecule has 3 rings (SSSR count). The van der Waals surface area contributed by atoms with Crippen LogP contribution in [0.2, 0.25) is 0 Å². The van der Waals surface area contributed by atoms with Crippen molar-refractivity contribution in [2.45, 2.75) is 18.4 Å². The summed E-state index contributed by atoms with van der Waals surface area (Å²) in [7, 11) is 0. The number of hydrogen-bond donors (Lipinski definition) is 0. The first kappa shape index (κ1) is 15.6. The van der Waals surface area contributed by atoms with Gasteiger partial charge in [-0.05, 0) is 12.8 Å². The van der Waals surface area contributed by atoms with Crippen molar-refractivity contribution >= 4 is 11.8 Å². The number of aromatic nitrogens is 2. The Kier molecular flexibility index (Phi) is 4.38. The van der Waals surface area contributed by atoms with Crippen molar-refractivity contribution in [2.24, 2.45) is 0 Å². The lowest BCUT2D eigenvalue weighted by Crippen LogP contribution is -2.59. The van der Waals surface area contributed by atoms with E-state index in [-0.39, 0.29) is 24.0 Å². The summed E-state index contributed by atoms with van der Waals surface area (Å²) in [4.78, 5) is 35.8. The molecule has 3 heterocycles. The Labute approximate surface area is 135 Å². The van der Waals surface area contributed by atoms with Crippen LogP contribution in [0.5, 0.6) is 0 Å². The number of likely N-dealkylation sites (tertiary alicyclic amines) is 1. The molecule has 0 unspecified atom stereocenters. The molecule has 122 valence electrons. The lowest BCUT2D eigenvalue weighted by atomic mass is 9.89. The van der Waals surface area contributed by atoms with E-state index in [2.05, 4.69) is 16.5 Å². The summed E-state index contributed by atoms with van der Waals surface area (Å²) in [6, 6.07) is 0. The molecule has 2 aliphatic heterocycles. The van der Waals surface area contributed by atoms with Gasteiger partial charge in [0.2, 0.25) is 5.91 Å². The van der Waals surface area contributed by atoms with E-state index in [9.17, 15) is 9.59 Å². The summed E-state index contributed by atoms with van der Waals surface area (Å²) in [6.07, 6.45) is 7.68. The molecule has 0 atom stereocenters. The minimum Gasteiger partial charge on any atom is -0.363 e. The van der Waals surface area contributed by atoms with E-state index in [1.54, 1.807) is 22.1 Å². The average molecular weight is 316 g/mol. The highest BCUT2D eigenvalue weighted by molar-refractivity contribution is 5.92. The predicted molar refractivity (Wildman–Crippen MR) is 82.6 cm³/mol. The second kappa shape index (κ2) is 6.45. The molecule has 0 bridgehead atoms. The molecule has 1 aromatic rings. The van der Waals surface area contributed by atoms with Gasteiger partial charge in [-0.15, -0.1) is 6.58 Å². The highest BCUT2D eigenvalue weighted by Crippen LogP contribution is 2.30. The summed E-state index contributed by atoms with van der Waals surface area (Å²) in [5.41, 5.74) is 0.00672. The SMILES string of the molecule is C=CCN1CC2(CCN(C(=O)c3cnccn3)CC2)OCC1=O. The quantitative estimate of drug-likeness (QED) is 0.759. The summed E-state index contributed by atoms with van der Waals surface area (Å²) in [5, 5.41) is 0. The zero-order valence-electron chi connectivity index (χ0n) is 13.0. The van der Waals surface area contributed by atoms with Gasteiger partial charge in [0.15, 0.2) is 0 Å². The van der Waals surface area contributed by atoms with Crippen molar-refractivity contribution in [3.05, 3.63) is 36.9 Å². The maximum Gasteiger partial charge on any atom is 0.274 e. The minimum absolute atomic E-state index is 0.00593. The molecule has 7 nitrogen and oxygen atoms in total. The Balaban J connectivity index is 1.63. The summed E-state index contributed by atoms with van der Waals surface area (Å²) in [5.74, 6) is -0.114. The van der Waals surface area contributed by atoms with Gasteiger partial charge in [0.1, 0.15) is 12.3 Å². The monoisotopic (exact) mass is 316 g/mol. The number of hydrogen-bond acceptors (Lipinski definition) is 5. The Morgan fingerprint density at radius 1 is 1.39 bits per heavy atom. The zero-order valence-corrected chi connectivity index (χ0v) is 13.0. The standard InChI is InChI=1S/C16H20N4O3/c1-2-7-20-12-16(23-11-14(20)21)3-8-19(9-4-16)15(22)13-10-17-5-6-18-13/h2,5-6,10H,1,3-4,7-9,11-12H2. The third-order valence-corrected chi connectivity index (χ3v) is 4.43. The minimum atomic E-state index is -0.351. The smallest absolute Gasteiger partial charge is 0.274 e. The van der Waals surface area contributed by atoms with E-state index in [4.69, 9.17) is 4.74 Å². The van der Waals surface area contributed by atoms with Crippen molar-refractivity contribution in [3.63, 3.8) is 0 Å². The molecule has 23 heavy (non-hydrogen) atoms. The molecule has 0 aliphatic carbocycles. The lowest BCUT2D eigenvalue weighted by Gasteiger charge is -2.46. The van der Waals surface area contributed by atoms with Crippen molar-refractivity contribution in [1.29, 1.82) is 0 Å². The first-order valence-electron chi connectivity index (χ1n) is 7.71. The average Bonchev–Trinajstić information content (AvgIpc) is 2.59. The molecule has 2 amide bonds. The predicted octanol–water partition coefficient (Wildman–Crippen LogP) is 0.496. The van der Waals surface area contributed by atoms with Gasteiger partial charge in [-0.1, -0.05) is 6.08 Å². The van der Waals surface area contributed by atoms with Gasteiger partial charge in [-0.3, -0.25) is 14.6 Å². The van der Waals surface area contributed by atoms with Gasteiger partial charge >= 0.3 is 0 Å². The van der Waals surface area contributed by atoms with Gasteiger partial charge in [-0.25, -0.2) is 4.98 Å². The summed E-state index contributed by atoms with van der Waals surface area (Å²) < 4.78 is 5.84. The highest BCUT2D eigenvalue weighted by atomic mass is 16.5. The summed E-state index contributed by atoms with van der Waals surface area (Å²) in [6.45, 7) is 6.07. The number of amides is 2. The van der Waals surface area contributed by atoms with Crippen LogP contribution in [0.25, 0.3) is 0 Å². The molecule has 1 aromatic heterocycles. The van der Waals surface area contributed by atoms with E-state index >= 15 is 0 Å². The van der Waals surface area contributed by atoms with E-state index in [1.807, 2.05) is 0 Å². The third-order valence-electron chi connectivity index (χ3n) is 4.43. The normalized spacial score (nSPS) is 20.6. The maximum atomic E-state index is 12.4. The molecule has 2 fully saturated rings. The fraction of sp³-hybridized carbons (Fsp3) is 0.500. The van der Waals surface area contributed by atoms with Crippen molar-refractivity contribution in [2.75, 3.05) is 32.8 Å². The third kappa shape index (κ3) is 3.24. The van der Waals surface area contributed by atoms with Crippen LogP contribution >= 0.6 is 0 Å². The van der Waals surface area contributed by atoms with Crippen LogP contribution in [0.15, 0.2) is 31.2 Å². The topological polar surface area (TPSA) is 75.6 Å². The fourth-order valence-electron chi connectivity index (χ4n) is 3.10. The molecular formula is C16H20N4O3. The lowest BCUT2D eigenvalue weighted by molar-refractivity contribution is -0.169. The number of nitrogens with zero attached hydrogens (tertiary/aromatic N) is 4. The zero-order chi connectivity index (χ0) is 16.3. The molecule has 7 heteroatoms. The number of rotatable bonds is 3. The van der Waals surface area contributed by atoms with Crippen molar-refractivity contribution in [3.8, 4) is 0 Å². The molecule has 0 saturated carbocycles. The fourth-order valence-corrected chi connectivity index (χ4v) is 3.10. The number of piperidine rings is 1. The van der Waals surface area contributed by atoms with Gasteiger partial charge in [0.25, 0.3) is 5.91 Å². The Morgan fingerprint density at radius 2 is 2.17 bits per heavy atom. The maximum absolute atomic E-state index is 12.4. The van der Waals surface area contributed by atoms with Crippen molar-refractivity contribution in [1.82, 2.24) is 19.8 Å².